The fourth-order valence-electron chi connectivity index (χ4n) is 4.63. The van der Waals surface area contributed by atoms with E-state index in [9.17, 15) is 18.0 Å². The molecule has 3 rings (SSSR count). The minimum absolute atomic E-state index is 0.0535. The predicted molar refractivity (Wildman–Crippen MR) is 171 cm³/mol. The second kappa shape index (κ2) is 15.7. The Bertz CT molecular complexity index is 1430. The molecule has 0 fully saturated rings. The summed E-state index contributed by atoms with van der Waals surface area (Å²) in [5, 5.41) is 3.02. The molecule has 2 amide bonds. The number of nitrogens with zero attached hydrogens (tertiary/aromatic N) is 2. The summed E-state index contributed by atoms with van der Waals surface area (Å²) in [5.41, 5.74) is 2.23. The van der Waals surface area contributed by atoms with E-state index in [1.807, 2.05) is 68.4 Å². The second-order valence-electron chi connectivity index (χ2n) is 10.6. The van der Waals surface area contributed by atoms with Crippen LogP contribution in [0.5, 0.6) is 5.75 Å². The van der Waals surface area contributed by atoms with Crippen LogP contribution in [0.15, 0.2) is 83.3 Å². The van der Waals surface area contributed by atoms with E-state index < -0.39 is 16.1 Å². The third-order valence-electron chi connectivity index (χ3n) is 6.70. The van der Waals surface area contributed by atoms with Crippen LogP contribution in [0, 0.1) is 5.92 Å². The van der Waals surface area contributed by atoms with E-state index in [1.165, 1.54) is 11.4 Å². The van der Waals surface area contributed by atoms with E-state index in [4.69, 9.17) is 4.74 Å². The normalized spacial score (nSPS) is 12.0. The highest BCUT2D eigenvalue weighted by Gasteiger charge is 2.31. The summed E-state index contributed by atoms with van der Waals surface area (Å²) >= 11 is 3.50. The summed E-state index contributed by atoms with van der Waals surface area (Å²) in [7, 11) is -2.16. The lowest BCUT2D eigenvalue weighted by Gasteiger charge is -2.32. The van der Waals surface area contributed by atoms with Gasteiger partial charge >= 0.3 is 0 Å². The molecule has 0 aliphatic rings. The number of carbonyl (C=O) groups excluding carboxylic acids is 2. The molecule has 42 heavy (non-hydrogen) atoms. The average molecular weight is 659 g/mol. The van der Waals surface area contributed by atoms with Gasteiger partial charge in [-0.15, -0.1) is 0 Å². The molecule has 0 aromatic heterocycles. The lowest BCUT2D eigenvalue weighted by molar-refractivity contribution is -0.141. The van der Waals surface area contributed by atoms with Crippen molar-refractivity contribution in [2.45, 2.75) is 45.7 Å². The quantitative estimate of drug-likeness (QED) is 0.236. The Balaban J connectivity index is 1.90. The summed E-state index contributed by atoms with van der Waals surface area (Å²) in [4.78, 5) is 29.2. The highest BCUT2D eigenvalue weighted by Crippen LogP contribution is 2.30. The van der Waals surface area contributed by atoms with Crippen LogP contribution in [-0.4, -0.2) is 57.6 Å². The van der Waals surface area contributed by atoms with Gasteiger partial charge in [0.05, 0.1) is 19.1 Å². The molecule has 1 atom stereocenters. The number of methoxy groups -OCH3 is 1. The number of anilines is 1. The van der Waals surface area contributed by atoms with Gasteiger partial charge in [-0.3, -0.25) is 13.9 Å². The van der Waals surface area contributed by atoms with Crippen molar-refractivity contribution in [1.29, 1.82) is 0 Å². The van der Waals surface area contributed by atoms with Gasteiger partial charge in [-0.1, -0.05) is 84.4 Å². The van der Waals surface area contributed by atoms with Crippen molar-refractivity contribution in [2.75, 3.05) is 30.8 Å². The van der Waals surface area contributed by atoms with Crippen LogP contribution in [0.2, 0.25) is 0 Å². The molecule has 3 aromatic rings. The van der Waals surface area contributed by atoms with E-state index >= 15 is 0 Å². The van der Waals surface area contributed by atoms with Gasteiger partial charge in [-0.25, -0.2) is 8.42 Å². The van der Waals surface area contributed by atoms with E-state index in [0.717, 1.165) is 21.9 Å². The van der Waals surface area contributed by atoms with Crippen LogP contribution in [-0.2, 0) is 32.6 Å². The van der Waals surface area contributed by atoms with Crippen LogP contribution >= 0.6 is 15.9 Å². The molecule has 3 aromatic carbocycles. The van der Waals surface area contributed by atoms with Gasteiger partial charge in [0, 0.05) is 36.9 Å². The summed E-state index contributed by atoms with van der Waals surface area (Å²) < 4.78 is 33.0. The molecule has 0 saturated carbocycles. The number of para-hydroxylation sites is 2. The van der Waals surface area contributed by atoms with Crippen LogP contribution in [0.4, 0.5) is 5.69 Å². The van der Waals surface area contributed by atoms with E-state index in [0.29, 0.717) is 24.4 Å². The molecule has 0 bridgehead atoms. The molecule has 0 radical (unpaired) electrons. The Hall–Kier alpha value is -3.37. The molecular formula is C32H40BrN3O5S. The number of sulfonamides is 1. The first kappa shape index (κ1) is 33.1. The van der Waals surface area contributed by atoms with Crippen molar-refractivity contribution in [1.82, 2.24) is 10.2 Å². The molecule has 0 aliphatic carbocycles. The fraction of sp³-hybridized carbons (Fsp3) is 0.375. The van der Waals surface area contributed by atoms with Gasteiger partial charge < -0.3 is 15.0 Å². The van der Waals surface area contributed by atoms with Crippen molar-refractivity contribution in [3.8, 4) is 5.75 Å². The predicted octanol–water partition coefficient (Wildman–Crippen LogP) is 5.42. The first-order chi connectivity index (χ1) is 20.0. The molecule has 10 heteroatoms. The van der Waals surface area contributed by atoms with Crippen molar-refractivity contribution >= 4 is 43.5 Å². The van der Waals surface area contributed by atoms with E-state index in [1.54, 1.807) is 29.2 Å². The van der Waals surface area contributed by atoms with Crippen LogP contribution in [0.25, 0.3) is 0 Å². The van der Waals surface area contributed by atoms with Crippen molar-refractivity contribution in [3.05, 3.63) is 94.5 Å². The second-order valence-corrected chi connectivity index (χ2v) is 13.4. The molecule has 1 N–H and O–H groups in total. The Kier molecular flexibility index (Phi) is 12.4. The van der Waals surface area contributed by atoms with Crippen LogP contribution in [0.1, 0.15) is 37.8 Å². The molecular weight excluding hydrogens is 618 g/mol. The summed E-state index contributed by atoms with van der Waals surface area (Å²) in [6, 6.07) is 23.4. The maximum absolute atomic E-state index is 13.9. The SMILES string of the molecule is COc1ccccc1N(CCCC(=O)N(Cc1cccc(Br)c1)C(Cc1ccccc1)C(=O)NCC(C)C)S(C)(=O)=O. The summed E-state index contributed by atoms with van der Waals surface area (Å²) in [6.45, 7) is 4.84. The topological polar surface area (TPSA) is 96.0 Å². The minimum Gasteiger partial charge on any atom is -0.495 e. The number of hydrogen-bond donors (Lipinski definition) is 1. The van der Waals surface area contributed by atoms with Gasteiger partial charge in [0.2, 0.25) is 21.8 Å². The monoisotopic (exact) mass is 657 g/mol. The third-order valence-corrected chi connectivity index (χ3v) is 8.38. The Labute approximate surface area is 258 Å². The molecule has 1 unspecified atom stereocenters. The summed E-state index contributed by atoms with van der Waals surface area (Å²) in [5.74, 6) is 0.222. The van der Waals surface area contributed by atoms with E-state index in [2.05, 4.69) is 21.2 Å². The standard InChI is InChI=1S/C32H40BrN3O5S/c1-24(2)22-34-32(38)29(21-25-12-6-5-7-13-25)35(23-26-14-10-15-27(33)20-26)31(37)18-11-19-36(42(4,39)40)28-16-8-9-17-30(28)41-3/h5-10,12-17,20,24,29H,11,18-19,21-23H2,1-4H3,(H,34,38). The maximum atomic E-state index is 13.9. The molecule has 0 aliphatic heterocycles. The number of carbonyl (C=O) groups is 2. The van der Waals surface area contributed by atoms with E-state index in [-0.39, 0.29) is 43.7 Å². The Morgan fingerprint density at radius 3 is 2.26 bits per heavy atom. The first-order valence-corrected chi connectivity index (χ1v) is 16.6. The molecule has 0 saturated heterocycles. The first-order valence-electron chi connectivity index (χ1n) is 14.0. The zero-order valence-corrected chi connectivity index (χ0v) is 27.0. The number of hydrogen-bond acceptors (Lipinski definition) is 5. The molecule has 0 spiro atoms. The molecule has 0 heterocycles. The van der Waals surface area contributed by atoms with Gasteiger partial charge in [-0.05, 0) is 47.7 Å². The zero-order valence-electron chi connectivity index (χ0n) is 24.6. The lowest BCUT2D eigenvalue weighted by atomic mass is 10.0. The van der Waals surface area contributed by atoms with Crippen molar-refractivity contribution < 1.29 is 22.7 Å². The largest absolute Gasteiger partial charge is 0.495 e. The Morgan fingerprint density at radius 1 is 0.952 bits per heavy atom. The van der Waals surface area contributed by atoms with Crippen molar-refractivity contribution in [3.63, 3.8) is 0 Å². The van der Waals surface area contributed by atoms with Crippen molar-refractivity contribution in [2.24, 2.45) is 5.92 Å². The average Bonchev–Trinajstić information content (AvgIpc) is 2.95. The third kappa shape index (κ3) is 9.87. The number of nitrogens with one attached hydrogen (secondary N) is 1. The number of benzene rings is 3. The minimum atomic E-state index is -3.65. The summed E-state index contributed by atoms with van der Waals surface area (Å²) in [6.07, 6.45) is 1.79. The number of amides is 2. The smallest absolute Gasteiger partial charge is 0.243 e. The maximum Gasteiger partial charge on any atom is 0.243 e. The number of halogens is 1. The number of rotatable bonds is 15. The highest BCUT2D eigenvalue weighted by atomic mass is 79.9. The number of ether oxygens (including phenoxy) is 1. The fourth-order valence-corrected chi connectivity index (χ4v) is 6.04. The van der Waals surface area contributed by atoms with Gasteiger partial charge in [-0.2, -0.15) is 0 Å². The van der Waals surface area contributed by atoms with Crippen LogP contribution in [0.3, 0.4) is 0 Å². The molecule has 8 nitrogen and oxygen atoms in total. The lowest BCUT2D eigenvalue weighted by Crippen LogP contribution is -2.51. The van der Waals surface area contributed by atoms with Crippen LogP contribution < -0.4 is 14.4 Å². The molecule has 226 valence electrons. The zero-order chi connectivity index (χ0) is 30.7. The van der Waals surface area contributed by atoms with Gasteiger partial charge in [0.1, 0.15) is 11.8 Å². The highest BCUT2D eigenvalue weighted by molar-refractivity contribution is 9.10. The van der Waals surface area contributed by atoms with Gasteiger partial charge in [0.25, 0.3) is 0 Å². The Morgan fingerprint density at radius 2 is 1.62 bits per heavy atom. The van der Waals surface area contributed by atoms with Gasteiger partial charge in [0.15, 0.2) is 0 Å².